The maximum Gasteiger partial charge on any atom is 0.193 e. The number of piperazine rings is 1. The largest absolute Gasteiger partial charge is 0.356 e. The van der Waals surface area contributed by atoms with Gasteiger partial charge in [-0.3, -0.25) is 4.99 Å². The number of aliphatic imine (C=N–C) groups is 1. The fourth-order valence-corrected chi connectivity index (χ4v) is 3.69. The molecule has 0 unspecified atom stereocenters. The average molecular weight is 472 g/mol. The molecule has 2 aliphatic heterocycles. The molecule has 1 aromatic rings. The third-order valence-corrected chi connectivity index (χ3v) is 5.15. The standard InChI is InChI=1S/C19H32N6.HI/c1-20-19(22-10-4-5-11-23-12-6-7-13-23)25-16-14-24(15-17-25)18-8-2-3-9-21-18;/h2-3,8-9H,4-7,10-17H2,1H3,(H,20,22);1H. The van der Waals surface area contributed by atoms with Crippen LogP contribution in [0, 0.1) is 0 Å². The number of rotatable bonds is 6. The monoisotopic (exact) mass is 472 g/mol. The lowest BCUT2D eigenvalue weighted by Gasteiger charge is -2.37. The highest BCUT2D eigenvalue weighted by atomic mass is 127. The van der Waals surface area contributed by atoms with E-state index in [1.807, 2.05) is 19.3 Å². The van der Waals surface area contributed by atoms with E-state index in [-0.39, 0.29) is 24.0 Å². The Morgan fingerprint density at radius 1 is 1.08 bits per heavy atom. The molecule has 2 aliphatic rings. The highest BCUT2D eigenvalue weighted by Crippen LogP contribution is 2.12. The molecule has 1 aromatic heterocycles. The Morgan fingerprint density at radius 3 is 2.50 bits per heavy atom. The number of likely N-dealkylation sites (tertiary alicyclic amines) is 1. The van der Waals surface area contributed by atoms with Crippen molar-refractivity contribution in [2.75, 3.05) is 64.3 Å². The first-order valence-electron chi connectivity index (χ1n) is 9.71. The first-order chi connectivity index (χ1) is 12.4. The van der Waals surface area contributed by atoms with Crippen molar-refractivity contribution in [2.45, 2.75) is 25.7 Å². The summed E-state index contributed by atoms with van der Waals surface area (Å²) in [5, 5.41) is 3.54. The second-order valence-corrected chi connectivity index (χ2v) is 6.89. The van der Waals surface area contributed by atoms with Crippen LogP contribution in [0.3, 0.4) is 0 Å². The van der Waals surface area contributed by atoms with Crippen LogP contribution >= 0.6 is 24.0 Å². The van der Waals surface area contributed by atoms with E-state index < -0.39 is 0 Å². The first-order valence-corrected chi connectivity index (χ1v) is 9.71. The third-order valence-electron chi connectivity index (χ3n) is 5.15. The van der Waals surface area contributed by atoms with Crippen LogP contribution in [0.25, 0.3) is 0 Å². The number of pyridine rings is 1. The Hall–Kier alpha value is -1.09. The van der Waals surface area contributed by atoms with Gasteiger partial charge in [0.05, 0.1) is 0 Å². The summed E-state index contributed by atoms with van der Waals surface area (Å²) in [6.07, 6.45) is 7.12. The maximum atomic E-state index is 4.47. The van der Waals surface area contributed by atoms with Crippen molar-refractivity contribution in [3.63, 3.8) is 0 Å². The van der Waals surface area contributed by atoms with Crippen molar-refractivity contribution in [1.82, 2.24) is 20.1 Å². The van der Waals surface area contributed by atoms with Crippen LogP contribution < -0.4 is 10.2 Å². The van der Waals surface area contributed by atoms with Gasteiger partial charge in [-0.25, -0.2) is 4.98 Å². The quantitative estimate of drug-likeness (QED) is 0.298. The normalized spacial score (nSPS) is 18.7. The molecule has 0 amide bonds. The Balaban J connectivity index is 0.00000243. The molecule has 3 rings (SSSR count). The molecule has 0 radical (unpaired) electrons. The summed E-state index contributed by atoms with van der Waals surface area (Å²) >= 11 is 0. The number of hydrogen-bond donors (Lipinski definition) is 1. The number of nitrogens with one attached hydrogen (secondary N) is 1. The number of nitrogens with zero attached hydrogens (tertiary/aromatic N) is 5. The molecule has 2 fully saturated rings. The van der Waals surface area contributed by atoms with Gasteiger partial charge in [0.2, 0.25) is 0 Å². The minimum absolute atomic E-state index is 0. The Bertz CT molecular complexity index is 524. The molecule has 146 valence electrons. The molecular formula is C19H33IN6. The zero-order valence-electron chi connectivity index (χ0n) is 15.9. The third kappa shape index (κ3) is 6.26. The Kier molecular flexibility index (Phi) is 9.45. The number of halogens is 1. The SMILES string of the molecule is CN=C(NCCCCN1CCCC1)N1CCN(c2ccccn2)CC1.I. The number of unbranched alkanes of at least 4 members (excludes halogenated alkanes) is 1. The van der Waals surface area contributed by atoms with E-state index >= 15 is 0 Å². The summed E-state index contributed by atoms with van der Waals surface area (Å²) < 4.78 is 0. The lowest BCUT2D eigenvalue weighted by molar-refractivity contribution is 0.329. The molecule has 0 bridgehead atoms. The molecule has 6 nitrogen and oxygen atoms in total. The predicted octanol–water partition coefficient (Wildman–Crippen LogP) is 2.27. The highest BCUT2D eigenvalue weighted by Gasteiger charge is 2.20. The van der Waals surface area contributed by atoms with Crippen LogP contribution in [0.2, 0.25) is 0 Å². The molecule has 0 aliphatic carbocycles. The molecular weight excluding hydrogens is 439 g/mol. The first kappa shape index (κ1) is 21.2. The van der Waals surface area contributed by atoms with Gasteiger partial charge in [0.15, 0.2) is 5.96 Å². The minimum Gasteiger partial charge on any atom is -0.356 e. The summed E-state index contributed by atoms with van der Waals surface area (Å²) in [7, 11) is 1.89. The zero-order valence-corrected chi connectivity index (χ0v) is 18.3. The van der Waals surface area contributed by atoms with E-state index in [9.17, 15) is 0 Å². The van der Waals surface area contributed by atoms with E-state index in [1.165, 1.54) is 45.3 Å². The van der Waals surface area contributed by atoms with Crippen LogP contribution in [0.15, 0.2) is 29.4 Å². The van der Waals surface area contributed by atoms with E-state index in [0.29, 0.717) is 0 Å². The molecule has 0 spiro atoms. The van der Waals surface area contributed by atoms with Gasteiger partial charge in [0, 0.05) is 46.0 Å². The second kappa shape index (κ2) is 11.6. The topological polar surface area (TPSA) is 47.0 Å². The highest BCUT2D eigenvalue weighted by molar-refractivity contribution is 14.0. The average Bonchev–Trinajstić information content (AvgIpc) is 3.19. The summed E-state index contributed by atoms with van der Waals surface area (Å²) in [5.74, 6) is 2.12. The van der Waals surface area contributed by atoms with Crippen molar-refractivity contribution in [2.24, 2.45) is 4.99 Å². The van der Waals surface area contributed by atoms with Crippen molar-refractivity contribution in [1.29, 1.82) is 0 Å². The van der Waals surface area contributed by atoms with E-state index in [1.54, 1.807) is 0 Å². The Labute approximate surface area is 175 Å². The van der Waals surface area contributed by atoms with Gasteiger partial charge in [-0.1, -0.05) is 6.07 Å². The smallest absolute Gasteiger partial charge is 0.193 e. The van der Waals surface area contributed by atoms with Gasteiger partial charge in [0.25, 0.3) is 0 Å². The summed E-state index contributed by atoms with van der Waals surface area (Å²) in [6, 6.07) is 6.11. The number of aromatic nitrogens is 1. The van der Waals surface area contributed by atoms with Gasteiger partial charge in [-0.2, -0.15) is 0 Å². The summed E-state index contributed by atoms with van der Waals surface area (Å²) in [6.45, 7) is 8.84. The second-order valence-electron chi connectivity index (χ2n) is 6.89. The van der Waals surface area contributed by atoms with Gasteiger partial charge >= 0.3 is 0 Å². The predicted molar refractivity (Wildman–Crippen MR) is 120 cm³/mol. The van der Waals surface area contributed by atoms with Crippen molar-refractivity contribution >= 4 is 35.8 Å². The van der Waals surface area contributed by atoms with Gasteiger partial charge in [-0.15, -0.1) is 24.0 Å². The number of guanidine groups is 1. The fraction of sp³-hybridized carbons (Fsp3) is 0.684. The van der Waals surface area contributed by atoms with Crippen LogP contribution in [0.1, 0.15) is 25.7 Å². The lowest BCUT2D eigenvalue weighted by Crippen LogP contribution is -2.52. The van der Waals surface area contributed by atoms with Crippen LogP contribution in [0.4, 0.5) is 5.82 Å². The summed E-state index contributed by atoms with van der Waals surface area (Å²) in [4.78, 5) is 16.2. The van der Waals surface area contributed by atoms with E-state index in [4.69, 9.17) is 0 Å². The molecule has 1 N–H and O–H groups in total. The molecule has 0 atom stereocenters. The van der Waals surface area contributed by atoms with Crippen molar-refractivity contribution in [3.8, 4) is 0 Å². The molecule has 7 heteroatoms. The van der Waals surface area contributed by atoms with Crippen molar-refractivity contribution < 1.29 is 0 Å². The lowest BCUT2D eigenvalue weighted by atomic mass is 10.3. The molecule has 3 heterocycles. The van der Waals surface area contributed by atoms with Gasteiger partial charge in [0.1, 0.15) is 5.82 Å². The molecule has 2 saturated heterocycles. The van der Waals surface area contributed by atoms with Gasteiger partial charge < -0.3 is 20.0 Å². The van der Waals surface area contributed by atoms with Gasteiger partial charge in [-0.05, 0) is 57.5 Å². The minimum atomic E-state index is 0. The van der Waals surface area contributed by atoms with Crippen LogP contribution in [-0.4, -0.2) is 80.1 Å². The van der Waals surface area contributed by atoms with Crippen LogP contribution in [-0.2, 0) is 0 Å². The number of hydrogen-bond acceptors (Lipinski definition) is 4. The maximum absolute atomic E-state index is 4.47. The number of anilines is 1. The fourth-order valence-electron chi connectivity index (χ4n) is 3.69. The summed E-state index contributed by atoms with van der Waals surface area (Å²) in [5.41, 5.74) is 0. The zero-order chi connectivity index (χ0) is 17.3. The molecule has 26 heavy (non-hydrogen) atoms. The van der Waals surface area contributed by atoms with E-state index in [2.05, 4.69) is 42.1 Å². The Morgan fingerprint density at radius 2 is 1.85 bits per heavy atom. The van der Waals surface area contributed by atoms with E-state index in [0.717, 1.165) is 44.5 Å². The van der Waals surface area contributed by atoms with Crippen LogP contribution in [0.5, 0.6) is 0 Å². The van der Waals surface area contributed by atoms with Crippen molar-refractivity contribution in [3.05, 3.63) is 24.4 Å². The molecule has 0 saturated carbocycles. The molecule has 0 aromatic carbocycles.